The molecule has 0 unspecified atom stereocenters. The number of halogens is 3. The standard InChI is InChI=1S/C23H23F3N4O4/c1-14-20(21(32)30(29(14)2)16-7-5-4-6-8-16)28-19(31)13-18(27-22(33)23(24,25)26)15-9-11-17(34-3)12-10-15/h4-12,18H,13H2,1-3H3,(H,27,33)(H,28,31)/t18-/m0/s1. The fraction of sp³-hybridized carbons (Fsp3) is 0.261. The Morgan fingerprint density at radius 1 is 1.06 bits per heavy atom. The maximum atomic E-state index is 13.0. The molecule has 11 heteroatoms. The van der Waals surface area contributed by atoms with E-state index in [0.717, 1.165) is 0 Å². The molecular formula is C23H23F3N4O4. The monoisotopic (exact) mass is 476 g/mol. The third kappa shape index (κ3) is 5.30. The van der Waals surface area contributed by atoms with Crippen molar-refractivity contribution in [1.82, 2.24) is 14.7 Å². The van der Waals surface area contributed by atoms with Crippen LogP contribution in [0.15, 0.2) is 59.4 Å². The van der Waals surface area contributed by atoms with E-state index in [1.54, 1.807) is 49.0 Å². The number of amides is 2. The van der Waals surface area contributed by atoms with Crippen molar-refractivity contribution in [2.24, 2.45) is 7.05 Å². The summed E-state index contributed by atoms with van der Waals surface area (Å²) in [4.78, 5) is 37.3. The van der Waals surface area contributed by atoms with Crippen LogP contribution in [0.2, 0.25) is 0 Å². The molecule has 2 amide bonds. The first-order chi connectivity index (χ1) is 16.0. The van der Waals surface area contributed by atoms with Gasteiger partial charge in [0, 0.05) is 7.05 Å². The zero-order valence-electron chi connectivity index (χ0n) is 18.6. The van der Waals surface area contributed by atoms with E-state index in [-0.39, 0.29) is 11.3 Å². The van der Waals surface area contributed by atoms with Gasteiger partial charge in [-0.3, -0.25) is 19.1 Å². The molecule has 0 aliphatic rings. The maximum Gasteiger partial charge on any atom is 0.471 e. The molecule has 2 N–H and O–H groups in total. The van der Waals surface area contributed by atoms with Gasteiger partial charge in [0.15, 0.2) is 0 Å². The van der Waals surface area contributed by atoms with E-state index >= 15 is 0 Å². The smallest absolute Gasteiger partial charge is 0.471 e. The Hall–Kier alpha value is -4.02. The molecule has 0 fully saturated rings. The van der Waals surface area contributed by atoms with Gasteiger partial charge in [-0.25, -0.2) is 4.68 Å². The molecule has 0 aliphatic carbocycles. The van der Waals surface area contributed by atoms with Crippen LogP contribution in [-0.2, 0) is 16.6 Å². The van der Waals surface area contributed by atoms with Crippen molar-refractivity contribution in [1.29, 1.82) is 0 Å². The molecule has 34 heavy (non-hydrogen) atoms. The number of nitrogens with zero attached hydrogens (tertiary/aromatic N) is 2. The fourth-order valence-electron chi connectivity index (χ4n) is 3.42. The zero-order valence-corrected chi connectivity index (χ0v) is 18.6. The SMILES string of the molecule is COc1ccc([C@H](CC(=O)Nc2c(C)n(C)n(-c3ccccc3)c2=O)NC(=O)C(F)(F)F)cc1. The number of carbonyl (C=O) groups excluding carboxylic acids is 2. The van der Waals surface area contributed by atoms with Crippen LogP contribution in [0.25, 0.3) is 5.69 Å². The van der Waals surface area contributed by atoms with Crippen LogP contribution in [0.1, 0.15) is 23.7 Å². The molecule has 0 spiro atoms. The predicted molar refractivity (Wildman–Crippen MR) is 119 cm³/mol. The molecule has 3 aromatic rings. The van der Waals surface area contributed by atoms with Crippen molar-refractivity contribution in [3.63, 3.8) is 0 Å². The number of nitrogens with one attached hydrogen (secondary N) is 2. The first kappa shape index (κ1) is 24.6. The molecule has 0 saturated heterocycles. The number of anilines is 1. The molecule has 0 aliphatic heterocycles. The molecular weight excluding hydrogens is 453 g/mol. The van der Waals surface area contributed by atoms with E-state index < -0.39 is 36.0 Å². The number of methoxy groups -OCH3 is 1. The Morgan fingerprint density at radius 2 is 1.68 bits per heavy atom. The summed E-state index contributed by atoms with van der Waals surface area (Å²) in [6.07, 6.45) is -5.66. The number of aromatic nitrogens is 2. The fourth-order valence-corrected chi connectivity index (χ4v) is 3.42. The summed E-state index contributed by atoms with van der Waals surface area (Å²) in [5, 5.41) is 4.34. The van der Waals surface area contributed by atoms with Crippen LogP contribution in [0, 0.1) is 6.92 Å². The van der Waals surface area contributed by atoms with E-state index in [4.69, 9.17) is 4.74 Å². The van der Waals surface area contributed by atoms with Gasteiger partial charge in [0.2, 0.25) is 5.91 Å². The lowest BCUT2D eigenvalue weighted by Crippen LogP contribution is -2.40. The van der Waals surface area contributed by atoms with Gasteiger partial charge in [-0.2, -0.15) is 13.2 Å². The number of benzene rings is 2. The van der Waals surface area contributed by atoms with Crippen molar-refractivity contribution in [2.75, 3.05) is 12.4 Å². The van der Waals surface area contributed by atoms with Crippen LogP contribution in [0.3, 0.4) is 0 Å². The summed E-state index contributed by atoms with van der Waals surface area (Å²) in [5.41, 5.74) is 0.779. The quantitative estimate of drug-likeness (QED) is 0.548. The Bertz CT molecular complexity index is 1230. The molecule has 1 atom stereocenters. The van der Waals surface area contributed by atoms with Gasteiger partial charge >= 0.3 is 12.1 Å². The highest BCUT2D eigenvalue weighted by Crippen LogP contribution is 2.24. The van der Waals surface area contributed by atoms with E-state index in [2.05, 4.69) is 5.32 Å². The molecule has 0 bridgehead atoms. The van der Waals surface area contributed by atoms with E-state index in [0.29, 0.717) is 17.1 Å². The first-order valence-electron chi connectivity index (χ1n) is 10.2. The number of carbonyl (C=O) groups is 2. The minimum Gasteiger partial charge on any atom is -0.497 e. The van der Waals surface area contributed by atoms with E-state index in [1.165, 1.54) is 36.1 Å². The third-order valence-corrected chi connectivity index (χ3v) is 5.29. The van der Waals surface area contributed by atoms with Gasteiger partial charge in [-0.15, -0.1) is 0 Å². The van der Waals surface area contributed by atoms with E-state index in [1.807, 2.05) is 5.32 Å². The van der Waals surface area contributed by atoms with Crippen LogP contribution in [-0.4, -0.2) is 34.5 Å². The average molecular weight is 476 g/mol. The second kappa shape index (κ2) is 9.86. The van der Waals surface area contributed by atoms with Crippen LogP contribution < -0.4 is 20.9 Å². The van der Waals surface area contributed by atoms with Crippen molar-refractivity contribution in [2.45, 2.75) is 25.6 Å². The number of rotatable bonds is 7. The minimum atomic E-state index is -5.12. The molecule has 3 rings (SSSR count). The van der Waals surface area contributed by atoms with Gasteiger partial charge in [0.1, 0.15) is 11.4 Å². The van der Waals surface area contributed by atoms with E-state index in [9.17, 15) is 27.6 Å². The normalized spacial score (nSPS) is 12.2. The molecule has 8 nitrogen and oxygen atoms in total. The lowest BCUT2D eigenvalue weighted by molar-refractivity contribution is -0.174. The summed E-state index contributed by atoms with van der Waals surface area (Å²) in [6, 6.07) is 13.3. The lowest BCUT2D eigenvalue weighted by atomic mass is 10.0. The molecule has 2 aromatic carbocycles. The zero-order chi connectivity index (χ0) is 25.0. The third-order valence-electron chi connectivity index (χ3n) is 5.29. The maximum absolute atomic E-state index is 13.0. The summed E-state index contributed by atoms with van der Waals surface area (Å²) in [6.45, 7) is 1.63. The van der Waals surface area contributed by atoms with Gasteiger partial charge in [0.25, 0.3) is 5.56 Å². The molecule has 180 valence electrons. The second-order valence-electron chi connectivity index (χ2n) is 7.49. The van der Waals surface area contributed by atoms with Crippen LogP contribution >= 0.6 is 0 Å². The second-order valence-corrected chi connectivity index (χ2v) is 7.49. The first-order valence-corrected chi connectivity index (χ1v) is 10.2. The number of ether oxygens (including phenoxy) is 1. The molecule has 0 radical (unpaired) electrons. The minimum absolute atomic E-state index is 0.00742. The van der Waals surface area contributed by atoms with Crippen molar-refractivity contribution in [3.8, 4) is 11.4 Å². The van der Waals surface area contributed by atoms with Gasteiger partial charge < -0.3 is 15.4 Å². The number of hydrogen-bond acceptors (Lipinski definition) is 4. The topological polar surface area (TPSA) is 94.4 Å². The number of hydrogen-bond donors (Lipinski definition) is 2. The average Bonchev–Trinajstić information content (AvgIpc) is 3.01. The van der Waals surface area contributed by atoms with Gasteiger partial charge in [0.05, 0.1) is 31.0 Å². The van der Waals surface area contributed by atoms with Gasteiger partial charge in [-0.05, 0) is 36.8 Å². The highest BCUT2D eigenvalue weighted by molar-refractivity contribution is 5.92. The Morgan fingerprint density at radius 3 is 2.24 bits per heavy atom. The Balaban J connectivity index is 1.87. The predicted octanol–water partition coefficient (Wildman–Crippen LogP) is 3.24. The highest BCUT2D eigenvalue weighted by atomic mass is 19.4. The summed E-state index contributed by atoms with van der Waals surface area (Å²) < 4.78 is 46.5. The highest BCUT2D eigenvalue weighted by Gasteiger charge is 2.40. The van der Waals surface area contributed by atoms with Crippen molar-refractivity contribution >= 4 is 17.5 Å². The van der Waals surface area contributed by atoms with Crippen molar-refractivity contribution in [3.05, 3.63) is 76.2 Å². The number of alkyl halides is 3. The molecule has 0 saturated carbocycles. The molecule has 1 aromatic heterocycles. The molecule has 1 heterocycles. The van der Waals surface area contributed by atoms with Crippen LogP contribution in [0.5, 0.6) is 5.75 Å². The lowest BCUT2D eigenvalue weighted by Gasteiger charge is -2.20. The summed E-state index contributed by atoms with van der Waals surface area (Å²) >= 11 is 0. The summed E-state index contributed by atoms with van der Waals surface area (Å²) in [7, 11) is 3.07. The number of para-hydroxylation sites is 1. The summed E-state index contributed by atoms with van der Waals surface area (Å²) in [5.74, 6) is -2.46. The largest absolute Gasteiger partial charge is 0.497 e. The van der Waals surface area contributed by atoms with Gasteiger partial charge in [-0.1, -0.05) is 30.3 Å². The Labute approximate surface area is 192 Å². The van der Waals surface area contributed by atoms with Crippen molar-refractivity contribution < 1.29 is 27.5 Å². The van der Waals surface area contributed by atoms with Crippen LogP contribution in [0.4, 0.5) is 18.9 Å². The Kier molecular flexibility index (Phi) is 7.14.